The van der Waals surface area contributed by atoms with Crippen LogP contribution in [0.2, 0.25) is 0 Å². The number of carbonyl (C=O) groups excluding carboxylic acids is 1. The number of nitrogens with one attached hydrogen (secondary N) is 2. The molecule has 10 nitrogen and oxygen atoms in total. The number of carbonyl (C=O) groups is 1. The smallest absolute Gasteiger partial charge is 0.383 e. The Morgan fingerprint density at radius 2 is 2.06 bits per heavy atom. The Bertz CT molecular complexity index is 1300. The predicted octanol–water partition coefficient (Wildman–Crippen LogP) is 2.56. The first-order chi connectivity index (χ1) is 15.2. The van der Waals surface area contributed by atoms with Crippen LogP contribution in [0.1, 0.15) is 40.3 Å². The Hall–Kier alpha value is -4.00. The molecule has 4 aromatic rings. The molecule has 0 fully saturated rings. The third-order valence-electron chi connectivity index (χ3n) is 4.76. The number of amides is 1. The van der Waals surface area contributed by atoms with E-state index >= 15 is 0 Å². The molecule has 32 heavy (non-hydrogen) atoms. The van der Waals surface area contributed by atoms with Gasteiger partial charge in [-0.1, -0.05) is 5.16 Å². The maximum absolute atomic E-state index is 12.9. The maximum atomic E-state index is 12.9. The number of nitrogens with two attached hydrogens (primary N) is 2. The molecule has 0 spiro atoms. The average molecular weight is 446 g/mol. The number of aromatic nitrogens is 5. The Morgan fingerprint density at radius 3 is 2.78 bits per heavy atom. The number of hydrogen-bond donors (Lipinski definition) is 4. The van der Waals surface area contributed by atoms with Crippen molar-refractivity contribution in [2.75, 3.05) is 5.73 Å². The van der Waals surface area contributed by atoms with Gasteiger partial charge in [-0.05, 0) is 25.1 Å². The summed E-state index contributed by atoms with van der Waals surface area (Å²) >= 11 is 0. The van der Waals surface area contributed by atoms with Crippen molar-refractivity contribution in [3.05, 3.63) is 53.1 Å². The Balaban J connectivity index is 1.55. The molecule has 3 heterocycles. The van der Waals surface area contributed by atoms with Gasteiger partial charge in [-0.15, -0.1) is 0 Å². The lowest BCUT2D eigenvalue weighted by atomic mass is 10.1. The van der Waals surface area contributed by atoms with Crippen LogP contribution in [0.15, 0.2) is 35.1 Å². The zero-order valence-electron chi connectivity index (χ0n) is 16.6. The average Bonchev–Trinajstić information content (AvgIpc) is 3.39. The highest BCUT2D eigenvalue weighted by atomic mass is 19.4. The van der Waals surface area contributed by atoms with E-state index in [1.54, 1.807) is 6.92 Å². The quantitative estimate of drug-likeness (QED) is 0.364. The van der Waals surface area contributed by atoms with Crippen LogP contribution in [-0.4, -0.2) is 31.0 Å². The highest BCUT2D eigenvalue weighted by Gasteiger charge is 2.31. The topological polar surface area (TPSA) is 162 Å². The monoisotopic (exact) mass is 446 g/mol. The van der Waals surface area contributed by atoms with Crippen LogP contribution in [0.25, 0.3) is 22.6 Å². The van der Waals surface area contributed by atoms with Gasteiger partial charge < -0.3 is 26.3 Å². The fourth-order valence-electron chi connectivity index (χ4n) is 3.07. The second kappa shape index (κ2) is 7.92. The Kier molecular flexibility index (Phi) is 5.26. The summed E-state index contributed by atoms with van der Waals surface area (Å²) in [5.41, 5.74) is 11.8. The molecule has 1 atom stereocenters. The summed E-state index contributed by atoms with van der Waals surface area (Å²) in [6.07, 6.45) is -3.31. The van der Waals surface area contributed by atoms with Crippen molar-refractivity contribution >= 4 is 22.8 Å². The summed E-state index contributed by atoms with van der Waals surface area (Å²) < 4.78 is 44.0. The number of hydrogen-bond acceptors (Lipinski definition) is 8. The lowest BCUT2D eigenvalue weighted by Gasteiger charge is -2.12. The zero-order chi connectivity index (χ0) is 23.0. The minimum Gasteiger partial charge on any atom is -0.383 e. The molecule has 0 unspecified atom stereocenters. The van der Waals surface area contributed by atoms with Crippen molar-refractivity contribution in [3.63, 3.8) is 0 Å². The second-order valence-corrected chi connectivity index (χ2v) is 6.92. The number of nitrogen functional groups attached to an aromatic ring is 1. The molecule has 0 aliphatic rings. The molecule has 0 aliphatic carbocycles. The molecule has 166 valence electrons. The molecule has 0 saturated carbocycles. The van der Waals surface area contributed by atoms with Crippen molar-refractivity contribution in [2.24, 2.45) is 5.73 Å². The van der Waals surface area contributed by atoms with Gasteiger partial charge in [0.15, 0.2) is 5.82 Å². The molecule has 1 amide bonds. The van der Waals surface area contributed by atoms with E-state index < -0.39 is 23.7 Å². The minimum atomic E-state index is -4.47. The van der Waals surface area contributed by atoms with E-state index in [9.17, 15) is 18.0 Å². The van der Waals surface area contributed by atoms with Crippen molar-refractivity contribution in [3.8, 4) is 11.6 Å². The number of anilines is 1. The van der Waals surface area contributed by atoms with Crippen molar-refractivity contribution in [1.29, 1.82) is 0 Å². The predicted molar refractivity (Wildman–Crippen MR) is 107 cm³/mol. The van der Waals surface area contributed by atoms with E-state index in [-0.39, 0.29) is 35.2 Å². The number of halogens is 3. The largest absolute Gasteiger partial charge is 0.416 e. The van der Waals surface area contributed by atoms with Gasteiger partial charge >= 0.3 is 6.18 Å². The third-order valence-corrected chi connectivity index (χ3v) is 4.76. The summed E-state index contributed by atoms with van der Waals surface area (Å²) in [4.78, 5) is 27.4. The summed E-state index contributed by atoms with van der Waals surface area (Å²) in [6.45, 7) is 1.65. The van der Waals surface area contributed by atoms with Gasteiger partial charge in [0, 0.05) is 18.2 Å². The van der Waals surface area contributed by atoms with E-state index in [1.165, 1.54) is 12.1 Å². The first kappa shape index (κ1) is 21.2. The molecular formula is C19H17F3N8O2. The van der Waals surface area contributed by atoms with E-state index in [2.05, 4.69) is 30.4 Å². The van der Waals surface area contributed by atoms with Gasteiger partial charge in [-0.3, -0.25) is 4.79 Å². The van der Waals surface area contributed by atoms with Gasteiger partial charge in [0.1, 0.15) is 23.5 Å². The summed E-state index contributed by atoms with van der Waals surface area (Å²) in [5.74, 6) is -0.0204. The van der Waals surface area contributed by atoms with E-state index in [4.69, 9.17) is 16.0 Å². The van der Waals surface area contributed by atoms with E-state index in [1.807, 2.05) is 0 Å². The fraction of sp³-hybridized carbons (Fsp3) is 0.211. The van der Waals surface area contributed by atoms with Gasteiger partial charge in [0.25, 0.3) is 5.91 Å². The van der Waals surface area contributed by atoms with Crippen LogP contribution >= 0.6 is 0 Å². The van der Waals surface area contributed by atoms with Gasteiger partial charge in [0.2, 0.25) is 5.76 Å². The van der Waals surface area contributed by atoms with Crippen LogP contribution in [0, 0.1) is 0 Å². The van der Waals surface area contributed by atoms with E-state index in [0.717, 1.165) is 18.5 Å². The minimum absolute atomic E-state index is 0.0139. The summed E-state index contributed by atoms with van der Waals surface area (Å²) in [7, 11) is 0. The standard InChI is InChI=1S/C19H17F3N8O2/c1-8(27-18(31)15-10(6-23)16(24)26-7-25-15)12-5-14(32-30-12)17-28-11-3-2-9(19(20,21)22)4-13(11)29-17/h2-5,7-8H,6,23H2,1H3,(H,27,31)(H,28,29)(H2,24,25,26)/t8-/m1/s1. The highest BCUT2D eigenvalue weighted by molar-refractivity contribution is 5.94. The summed E-state index contributed by atoms with van der Waals surface area (Å²) in [6, 6.07) is 4.11. The molecule has 3 aromatic heterocycles. The fourth-order valence-corrected chi connectivity index (χ4v) is 3.07. The normalized spacial score (nSPS) is 12.8. The van der Waals surface area contributed by atoms with Crippen molar-refractivity contribution in [2.45, 2.75) is 25.7 Å². The summed E-state index contributed by atoms with van der Waals surface area (Å²) in [5, 5.41) is 6.63. The third kappa shape index (κ3) is 3.97. The van der Waals surface area contributed by atoms with Gasteiger partial charge in [-0.25, -0.2) is 15.0 Å². The number of nitrogens with zero attached hydrogens (tertiary/aromatic N) is 4. The van der Waals surface area contributed by atoms with Crippen molar-refractivity contribution < 1.29 is 22.5 Å². The Morgan fingerprint density at radius 1 is 1.28 bits per heavy atom. The molecule has 1 aromatic carbocycles. The highest BCUT2D eigenvalue weighted by Crippen LogP contribution is 2.32. The Labute approximate surface area is 178 Å². The van der Waals surface area contributed by atoms with Crippen LogP contribution in [0.5, 0.6) is 0 Å². The lowest BCUT2D eigenvalue weighted by molar-refractivity contribution is -0.137. The molecule has 13 heteroatoms. The van der Waals surface area contributed by atoms with E-state index in [0.29, 0.717) is 16.8 Å². The first-order valence-corrected chi connectivity index (χ1v) is 9.31. The molecule has 0 radical (unpaired) electrons. The number of rotatable bonds is 5. The van der Waals surface area contributed by atoms with Crippen LogP contribution < -0.4 is 16.8 Å². The van der Waals surface area contributed by atoms with Gasteiger partial charge in [0.05, 0.1) is 22.6 Å². The molecule has 4 rings (SSSR count). The number of benzene rings is 1. The lowest BCUT2D eigenvalue weighted by Crippen LogP contribution is -2.29. The molecule has 0 bridgehead atoms. The van der Waals surface area contributed by atoms with Crippen LogP contribution in [0.3, 0.4) is 0 Å². The number of aromatic amines is 1. The number of H-pyrrole nitrogens is 1. The number of alkyl halides is 3. The molecule has 0 saturated heterocycles. The molecule has 0 aliphatic heterocycles. The van der Waals surface area contributed by atoms with Gasteiger partial charge in [-0.2, -0.15) is 13.2 Å². The number of fused-ring (bicyclic) bond motifs is 1. The van der Waals surface area contributed by atoms with Crippen molar-refractivity contribution in [1.82, 2.24) is 30.4 Å². The maximum Gasteiger partial charge on any atom is 0.416 e. The zero-order valence-corrected chi connectivity index (χ0v) is 16.6. The molecule has 6 N–H and O–H groups in total. The number of imidazole rings is 1. The first-order valence-electron chi connectivity index (χ1n) is 9.31. The van der Waals surface area contributed by atoms with Crippen LogP contribution in [0.4, 0.5) is 19.0 Å². The molecular weight excluding hydrogens is 429 g/mol. The second-order valence-electron chi connectivity index (χ2n) is 6.92. The SMILES string of the molecule is C[C@@H](NC(=O)c1ncnc(N)c1CN)c1cc(-c2nc3ccc(C(F)(F)F)cc3[nH]2)on1. The van der Waals surface area contributed by atoms with Crippen LogP contribution in [-0.2, 0) is 12.7 Å².